The van der Waals surface area contributed by atoms with Crippen LogP contribution in [0.5, 0.6) is 11.5 Å². The minimum atomic E-state index is 0.660. The van der Waals surface area contributed by atoms with Crippen LogP contribution >= 0.6 is 11.3 Å². The van der Waals surface area contributed by atoms with Crippen LogP contribution in [0, 0.1) is 6.92 Å². The molecule has 0 radical (unpaired) electrons. The number of nitrogens with zero attached hydrogens (tertiary/aromatic N) is 1. The maximum Gasteiger partial charge on any atom is 0.183 e. The zero-order chi connectivity index (χ0) is 13.0. The van der Waals surface area contributed by atoms with Gasteiger partial charge in [-0.3, -0.25) is 0 Å². The third kappa shape index (κ3) is 2.73. The summed E-state index contributed by atoms with van der Waals surface area (Å²) in [5.41, 5.74) is 1.05. The van der Waals surface area contributed by atoms with Gasteiger partial charge in [-0.2, -0.15) is 0 Å². The lowest BCUT2D eigenvalue weighted by Gasteiger charge is -2.12. The second kappa shape index (κ2) is 5.73. The van der Waals surface area contributed by atoms with Gasteiger partial charge in [0.2, 0.25) is 0 Å². The molecule has 0 saturated heterocycles. The summed E-state index contributed by atoms with van der Waals surface area (Å²) >= 11 is 1.64. The normalized spacial score (nSPS) is 10.2. The number of para-hydroxylation sites is 1. The van der Waals surface area contributed by atoms with Crippen molar-refractivity contribution in [2.75, 3.05) is 19.5 Å². The van der Waals surface area contributed by atoms with Crippen LogP contribution in [-0.2, 0) is 6.54 Å². The van der Waals surface area contributed by atoms with Crippen LogP contribution in [0.25, 0.3) is 0 Å². The molecule has 0 amide bonds. The number of benzene rings is 1. The number of aromatic nitrogens is 1. The first-order valence-electron chi connectivity index (χ1n) is 5.60. The molecule has 1 heterocycles. The first-order chi connectivity index (χ1) is 8.74. The summed E-state index contributed by atoms with van der Waals surface area (Å²) in [6, 6.07) is 5.84. The Morgan fingerprint density at radius 1 is 1.28 bits per heavy atom. The van der Waals surface area contributed by atoms with Crippen LogP contribution in [0.3, 0.4) is 0 Å². The fraction of sp³-hybridized carbons (Fsp3) is 0.308. The van der Waals surface area contributed by atoms with E-state index < -0.39 is 0 Å². The zero-order valence-electron chi connectivity index (χ0n) is 10.7. The Morgan fingerprint density at radius 2 is 2.11 bits per heavy atom. The molecule has 18 heavy (non-hydrogen) atoms. The number of methoxy groups -OCH3 is 2. The maximum atomic E-state index is 5.38. The lowest BCUT2D eigenvalue weighted by molar-refractivity contribution is 0.352. The lowest BCUT2D eigenvalue weighted by Crippen LogP contribution is -2.02. The Morgan fingerprint density at radius 3 is 2.72 bits per heavy atom. The molecule has 0 spiro atoms. The molecule has 0 aliphatic carbocycles. The van der Waals surface area contributed by atoms with E-state index in [4.69, 9.17) is 9.47 Å². The smallest absolute Gasteiger partial charge is 0.183 e. The summed E-state index contributed by atoms with van der Waals surface area (Å²) in [6.45, 7) is 2.70. The second-order valence-corrected chi connectivity index (χ2v) is 5.02. The van der Waals surface area contributed by atoms with Crippen molar-refractivity contribution in [3.8, 4) is 11.5 Å². The van der Waals surface area contributed by atoms with E-state index in [1.807, 2.05) is 31.3 Å². The summed E-state index contributed by atoms with van der Waals surface area (Å²) in [7, 11) is 3.29. The molecule has 1 N–H and O–H groups in total. The van der Waals surface area contributed by atoms with Crippen molar-refractivity contribution in [3.63, 3.8) is 0 Å². The number of rotatable bonds is 5. The van der Waals surface area contributed by atoms with Crippen LogP contribution in [0.1, 0.15) is 10.4 Å². The molecule has 0 aliphatic heterocycles. The Labute approximate surface area is 111 Å². The Kier molecular flexibility index (Phi) is 4.04. The molecule has 5 heteroatoms. The van der Waals surface area contributed by atoms with Crippen molar-refractivity contribution in [3.05, 3.63) is 34.8 Å². The minimum Gasteiger partial charge on any atom is -0.493 e. The van der Waals surface area contributed by atoms with E-state index in [0.717, 1.165) is 22.2 Å². The first-order valence-corrected chi connectivity index (χ1v) is 6.42. The van der Waals surface area contributed by atoms with Crippen molar-refractivity contribution < 1.29 is 9.47 Å². The summed E-state index contributed by atoms with van der Waals surface area (Å²) in [4.78, 5) is 5.45. The maximum absolute atomic E-state index is 5.38. The predicted molar refractivity (Wildman–Crippen MR) is 73.7 cm³/mol. The Hall–Kier alpha value is -1.75. The van der Waals surface area contributed by atoms with Crippen molar-refractivity contribution in [1.29, 1.82) is 0 Å². The van der Waals surface area contributed by atoms with Crippen molar-refractivity contribution >= 4 is 16.5 Å². The molecule has 0 atom stereocenters. The van der Waals surface area contributed by atoms with E-state index in [9.17, 15) is 0 Å². The molecule has 4 nitrogen and oxygen atoms in total. The highest BCUT2D eigenvalue weighted by molar-refractivity contribution is 7.15. The molecule has 96 valence electrons. The zero-order valence-corrected chi connectivity index (χ0v) is 11.5. The van der Waals surface area contributed by atoms with Gasteiger partial charge in [-0.15, -0.1) is 11.3 Å². The van der Waals surface area contributed by atoms with E-state index in [1.54, 1.807) is 25.6 Å². The van der Waals surface area contributed by atoms with E-state index in [1.165, 1.54) is 4.88 Å². The van der Waals surface area contributed by atoms with Gasteiger partial charge in [-0.1, -0.05) is 12.1 Å². The number of aryl methyl sites for hydroxylation is 1. The van der Waals surface area contributed by atoms with E-state index >= 15 is 0 Å². The molecule has 1 aromatic carbocycles. The number of hydrogen-bond acceptors (Lipinski definition) is 5. The molecule has 1 aromatic heterocycles. The highest BCUT2D eigenvalue weighted by Crippen LogP contribution is 2.31. The van der Waals surface area contributed by atoms with Gasteiger partial charge in [0, 0.05) is 23.2 Å². The monoisotopic (exact) mass is 264 g/mol. The number of nitrogens with one attached hydrogen (secondary N) is 1. The third-order valence-electron chi connectivity index (χ3n) is 2.54. The quantitative estimate of drug-likeness (QED) is 0.901. The highest BCUT2D eigenvalue weighted by atomic mass is 32.1. The largest absolute Gasteiger partial charge is 0.493 e. The third-order valence-corrected chi connectivity index (χ3v) is 3.41. The van der Waals surface area contributed by atoms with Gasteiger partial charge in [-0.25, -0.2) is 4.98 Å². The van der Waals surface area contributed by atoms with Crippen molar-refractivity contribution in [2.24, 2.45) is 0 Å². The van der Waals surface area contributed by atoms with Crippen LogP contribution < -0.4 is 14.8 Å². The highest BCUT2D eigenvalue weighted by Gasteiger charge is 2.09. The van der Waals surface area contributed by atoms with Gasteiger partial charge in [-0.05, 0) is 13.0 Å². The van der Waals surface area contributed by atoms with Crippen LogP contribution in [-0.4, -0.2) is 19.2 Å². The molecular weight excluding hydrogens is 248 g/mol. The number of thiazole rings is 1. The first kappa shape index (κ1) is 12.7. The lowest BCUT2D eigenvalue weighted by atomic mass is 10.2. The summed E-state index contributed by atoms with van der Waals surface area (Å²) in [6.07, 6.45) is 1.86. The Bertz CT molecular complexity index is 525. The molecule has 0 bridgehead atoms. The average Bonchev–Trinajstić information content (AvgIpc) is 2.81. The second-order valence-electron chi connectivity index (χ2n) is 3.78. The van der Waals surface area contributed by atoms with E-state index in [0.29, 0.717) is 6.54 Å². The van der Waals surface area contributed by atoms with Gasteiger partial charge in [0.15, 0.2) is 16.6 Å². The fourth-order valence-electron chi connectivity index (χ4n) is 1.70. The minimum absolute atomic E-state index is 0.660. The number of hydrogen-bond donors (Lipinski definition) is 1. The number of anilines is 1. The SMILES string of the molecule is COc1cccc(CNc2ncc(C)s2)c1OC. The van der Waals surface area contributed by atoms with Gasteiger partial charge < -0.3 is 14.8 Å². The van der Waals surface area contributed by atoms with Crippen LogP contribution in [0.2, 0.25) is 0 Å². The molecular formula is C13H16N2O2S. The van der Waals surface area contributed by atoms with Crippen LogP contribution in [0.15, 0.2) is 24.4 Å². The summed E-state index contributed by atoms with van der Waals surface area (Å²) < 4.78 is 10.6. The van der Waals surface area contributed by atoms with Gasteiger partial charge in [0.05, 0.1) is 14.2 Å². The van der Waals surface area contributed by atoms with Crippen molar-refractivity contribution in [2.45, 2.75) is 13.5 Å². The Balaban J connectivity index is 2.13. The van der Waals surface area contributed by atoms with Crippen molar-refractivity contribution in [1.82, 2.24) is 4.98 Å². The topological polar surface area (TPSA) is 43.4 Å². The predicted octanol–water partition coefficient (Wildman–Crippen LogP) is 3.08. The van der Waals surface area contributed by atoms with Gasteiger partial charge in [0.25, 0.3) is 0 Å². The van der Waals surface area contributed by atoms with Gasteiger partial charge in [0.1, 0.15) is 0 Å². The summed E-state index contributed by atoms with van der Waals surface area (Å²) in [5.74, 6) is 1.51. The molecule has 0 unspecified atom stereocenters. The molecule has 0 saturated carbocycles. The standard InChI is InChI=1S/C13H16N2O2S/c1-9-7-14-13(18-9)15-8-10-5-4-6-11(16-2)12(10)17-3/h4-7H,8H2,1-3H3,(H,14,15). The molecule has 2 rings (SSSR count). The average molecular weight is 264 g/mol. The molecule has 0 aliphatic rings. The van der Waals surface area contributed by atoms with E-state index in [-0.39, 0.29) is 0 Å². The van der Waals surface area contributed by atoms with E-state index in [2.05, 4.69) is 10.3 Å². The number of ether oxygens (including phenoxy) is 2. The van der Waals surface area contributed by atoms with Crippen LogP contribution in [0.4, 0.5) is 5.13 Å². The molecule has 2 aromatic rings. The summed E-state index contributed by atoms with van der Waals surface area (Å²) in [5, 5.41) is 4.19. The fourth-order valence-corrected chi connectivity index (χ4v) is 2.36. The van der Waals surface area contributed by atoms with Gasteiger partial charge >= 0.3 is 0 Å². The molecule has 0 fully saturated rings.